The summed E-state index contributed by atoms with van der Waals surface area (Å²) in [5.74, 6) is 0.220. The van der Waals surface area contributed by atoms with Crippen molar-refractivity contribution >= 4 is 11.6 Å². The fourth-order valence-electron chi connectivity index (χ4n) is 1.67. The molecule has 0 bridgehead atoms. The van der Waals surface area contributed by atoms with Crippen LogP contribution < -0.4 is 5.32 Å². The molecule has 0 radical (unpaired) electrons. The van der Waals surface area contributed by atoms with Crippen molar-refractivity contribution in [1.82, 2.24) is 10.3 Å². The Balaban J connectivity index is 2.25. The monoisotopic (exact) mass is 268 g/mol. The van der Waals surface area contributed by atoms with E-state index in [-0.39, 0.29) is 5.82 Å². The topological polar surface area (TPSA) is 38.1 Å². The molecule has 18 heavy (non-hydrogen) atoms. The zero-order chi connectivity index (χ0) is 13.0. The zero-order valence-electron chi connectivity index (χ0n) is 10.0. The van der Waals surface area contributed by atoms with Crippen LogP contribution in [0.25, 0.3) is 11.3 Å². The van der Waals surface area contributed by atoms with Gasteiger partial charge in [-0.05, 0) is 31.2 Å². The van der Waals surface area contributed by atoms with Gasteiger partial charge in [0.1, 0.15) is 11.5 Å². The Kier molecular flexibility index (Phi) is 4.33. The van der Waals surface area contributed by atoms with Crippen LogP contribution in [0.5, 0.6) is 0 Å². The van der Waals surface area contributed by atoms with Gasteiger partial charge in [-0.3, -0.25) is 0 Å². The first-order chi connectivity index (χ1) is 8.72. The van der Waals surface area contributed by atoms with E-state index in [1.165, 1.54) is 18.5 Å². The van der Waals surface area contributed by atoms with Gasteiger partial charge in [-0.15, -0.1) is 0 Å². The van der Waals surface area contributed by atoms with E-state index in [0.29, 0.717) is 22.9 Å². The lowest BCUT2D eigenvalue weighted by atomic mass is 10.1. The van der Waals surface area contributed by atoms with Gasteiger partial charge in [-0.25, -0.2) is 9.37 Å². The molecule has 1 aromatic carbocycles. The van der Waals surface area contributed by atoms with E-state index in [1.54, 1.807) is 6.07 Å². The largest absolute Gasteiger partial charge is 0.443 e. The van der Waals surface area contributed by atoms with Crippen molar-refractivity contribution in [2.45, 2.75) is 19.9 Å². The highest BCUT2D eigenvalue weighted by molar-refractivity contribution is 6.33. The van der Waals surface area contributed by atoms with Crippen LogP contribution in [-0.2, 0) is 6.54 Å². The summed E-state index contributed by atoms with van der Waals surface area (Å²) in [7, 11) is 0. The molecule has 0 amide bonds. The van der Waals surface area contributed by atoms with Crippen LogP contribution in [0.15, 0.2) is 29.0 Å². The summed E-state index contributed by atoms with van der Waals surface area (Å²) in [6.45, 7) is 3.60. The molecule has 1 heterocycles. The summed E-state index contributed by atoms with van der Waals surface area (Å²) in [5.41, 5.74) is 1.43. The summed E-state index contributed by atoms with van der Waals surface area (Å²) in [6.07, 6.45) is 2.42. The quantitative estimate of drug-likeness (QED) is 0.842. The number of nitrogens with zero attached hydrogens (tertiary/aromatic N) is 1. The van der Waals surface area contributed by atoms with Gasteiger partial charge in [-0.1, -0.05) is 18.5 Å². The average Bonchev–Trinajstić information content (AvgIpc) is 2.78. The Hall–Kier alpha value is -1.39. The van der Waals surface area contributed by atoms with Crippen molar-refractivity contribution in [3.63, 3.8) is 0 Å². The molecule has 5 heteroatoms. The Morgan fingerprint density at radius 1 is 1.44 bits per heavy atom. The van der Waals surface area contributed by atoms with E-state index in [0.717, 1.165) is 18.7 Å². The maximum atomic E-state index is 13.0. The minimum Gasteiger partial charge on any atom is -0.443 e. The maximum Gasteiger partial charge on any atom is 0.181 e. The van der Waals surface area contributed by atoms with Gasteiger partial charge in [-0.2, -0.15) is 0 Å². The number of halogens is 2. The minimum absolute atomic E-state index is 0.323. The van der Waals surface area contributed by atoms with Crippen LogP contribution in [0.1, 0.15) is 19.0 Å². The van der Waals surface area contributed by atoms with Crippen molar-refractivity contribution in [3.8, 4) is 11.3 Å². The molecule has 0 saturated heterocycles. The lowest BCUT2D eigenvalue weighted by Gasteiger charge is -2.04. The second kappa shape index (κ2) is 5.98. The third-order valence-corrected chi connectivity index (χ3v) is 2.85. The van der Waals surface area contributed by atoms with Crippen molar-refractivity contribution in [2.75, 3.05) is 6.54 Å². The molecule has 3 nitrogen and oxygen atoms in total. The highest BCUT2D eigenvalue weighted by atomic mass is 35.5. The molecule has 1 aromatic heterocycles. The summed E-state index contributed by atoms with van der Waals surface area (Å²) >= 11 is 6.01. The van der Waals surface area contributed by atoms with Crippen molar-refractivity contribution in [2.24, 2.45) is 0 Å². The van der Waals surface area contributed by atoms with Gasteiger partial charge >= 0.3 is 0 Å². The smallest absolute Gasteiger partial charge is 0.181 e. The van der Waals surface area contributed by atoms with Crippen LogP contribution >= 0.6 is 11.6 Å². The molecular formula is C13H14ClFN2O. The fourth-order valence-corrected chi connectivity index (χ4v) is 1.92. The summed E-state index contributed by atoms with van der Waals surface area (Å²) in [4.78, 5) is 4.15. The second-order valence-electron chi connectivity index (χ2n) is 3.93. The Labute approximate surface area is 110 Å². The first-order valence-corrected chi connectivity index (χ1v) is 6.18. The standard InChI is InChI=1S/C13H14ClFN2O/c1-2-5-16-7-12-13(18-8-17-12)10-4-3-9(15)6-11(10)14/h3-4,6,8,16H,2,5,7H2,1H3. The molecule has 1 N–H and O–H groups in total. The molecular weight excluding hydrogens is 255 g/mol. The first kappa shape index (κ1) is 13.1. The van der Waals surface area contributed by atoms with E-state index >= 15 is 0 Å². The molecule has 0 fully saturated rings. The fraction of sp³-hybridized carbons (Fsp3) is 0.308. The van der Waals surface area contributed by atoms with Gasteiger partial charge in [0.2, 0.25) is 0 Å². The van der Waals surface area contributed by atoms with E-state index in [4.69, 9.17) is 16.0 Å². The molecule has 96 valence electrons. The molecule has 2 rings (SSSR count). The summed E-state index contributed by atoms with van der Waals surface area (Å²) in [5, 5.41) is 3.56. The predicted octanol–water partition coefficient (Wildman–Crippen LogP) is 3.63. The first-order valence-electron chi connectivity index (χ1n) is 5.81. The normalized spacial score (nSPS) is 10.8. The Bertz CT molecular complexity index is 527. The molecule has 0 unspecified atom stereocenters. The highest BCUT2D eigenvalue weighted by Crippen LogP contribution is 2.30. The molecule has 0 saturated carbocycles. The predicted molar refractivity (Wildman–Crippen MR) is 68.9 cm³/mol. The van der Waals surface area contributed by atoms with Crippen LogP contribution in [0.4, 0.5) is 4.39 Å². The maximum absolute atomic E-state index is 13.0. The minimum atomic E-state index is -0.367. The third kappa shape index (κ3) is 2.89. The number of nitrogens with one attached hydrogen (secondary N) is 1. The van der Waals surface area contributed by atoms with E-state index in [1.807, 2.05) is 0 Å². The number of rotatable bonds is 5. The summed E-state index contributed by atoms with van der Waals surface area (Å²) < 4.78 is 18.3. The van der Waals surface area contributed by atoms with Crippen LogP contribution in [0.2, 0.25) is 5.02 Å². The Morgan fingerprint density at radius 2 is 2.28 bits per heavy atom. The zero-order valence-corrected chi connectivity index (χ0v) is 10.8. The molecule has 0 aliphatic heterocycles. The molecule has 0 aliphatic rings. The lowest BCUT2D eigenvalue weighted by molar-refractivity contribution is 0.569. The van der Waals surface area contributed by atoms with Crippen molar-refractivity contribution < 1.29 is 8.81 Å². The van der Waals surface area contributed by atoms with E-state index in [2.05, 4.69) is 17.2 Å². The number of oxazole rings is 1. The van der Waals surface area contributed by atoms with Crippen LogP contribution in [-0.4, -0.2) is 11.5 Å². The molecule has 0 atom stereocenters. The van der Waals surface area contributed by atoms with E-state index < -0.39 is 0 Å². The number of benzene rings is 1. The van der Waals surface area contributed by atoms with Gasteiger partial charge < -0.3 is 9.73 Å². The van der Waals surface area contributed by atoms with Gasteiger partial charge in [0.05, 0.1) is 5.02 Å². The van der Waals surface area contributed by atoms with Crippen molar-refractivity contribution in [3.05, 3.63) is 41.1 Å². The number of aromatic nitrogens is 1. The van der Waals surface area contributed by atoms with Gasteiger partial charge in [0, 0.05) is 12.1 Å². The highest BCUT2D eigenvalue weighted by Gasteiger charge is 2.14. The number of hydrogen-bond acceptors (Lipinski definition) is 3. The third-order valence-electron chi connectivity index (χ3n) is 2.54. The molecule has 0 aliphatic carbocycles. The number of hydrogen-bond donors (Lipinski definition) is 1. The summed E-state index contributed by atoms with van der Waals surface area (Å²) in [6, 6.07) is 4.22. The van der Waals surface area contributed by atoms with Crippen LogP contribution in [0, 0.1) is 5.82 Å². The van der Waals surface area contributed by atoms with Gasteiger partial charge in [0.15, 0.2) is 12.2 Å². The van der Waals surface area contributed by atoms with Crippen LogP contribution in [0.3, 0.4) is 0 Å². The molecule has 2 aromatic rings. The molecule has 0 spiro atoms. The average molecular weight is 269 g/mol. The van der Waals surface area contributed by atoms with Gasteiger partial charge in [0.25, 0.3) is 0 Å². The second-order valence-corrected chi connectivity index (χ2v) is 4.34. The lowest BCUT2D eigenvalue weighted by Crippen LogP contribution is -2.14. The SMILES string of the molecule is CCCNCc1ncoc1-c1ccc(F)cc1Cl. The van der Waals surface area contributed by atoms with Crippen molar-refractivity contribution in [1.29, 1.82) is 0 Å². The van der Waals surface area contributed by atoms with E-state index in [9.17, 15) is 4.39 Å². The Morgan fingerprint density at radius 3 is 3.00 bits per heavy atom.